The molecule has 1 saturated heterocycles. The Morgan fingerprint density at radius 3 is 2.41 bits per heavy atom. The summed E-state index contributed by atoms with van der Waals surface area (Å²) in [6, 6.07) is 19.3. The molecule has 0 atom stereocenters. The van der Waals surface area contributed by atoms with Gasteiger partial charge in [0.2, 0.25) is 0 Å². The number of methoxy groups -OCH3 is 1. The fraction of sp³-hybridized carbons (Fsp3) is 0.240. The Bertz CT molecular complexity index is 1060. The smallest absolute Gasteiger partial charge is 0.180 e. The van der Waals surface area contributed by atoms with Crippen LogP contribution in [0.15, 0.2) is 65.7 Å². The SMILES string of the molecule is COc1cc(C=Nc2ccc(N3CCOCC3)cc2)cc(Cl)c1OCc1ccc(Cl)cc1. The molecule has 1 aliphatic rings. The highest BCUT2D eigenvalue weighted by Gasteiger charge is 2.13. The van der Waals surface area contributed by atoms with Gasteiger partial charge < -0.3 is 19.1 Å². The first-order chi connectivity index (χ1) is 15.6. The van der Waals surface area contributed by atoms with Crippen molar-refractivity contribution in [2.24, 2.45) is 4.99 Å². The Morgan fingerprint density at radius 2 is 1.72 bits per heavy atom. The lowest BCUT2D eigenvalue weighted by Crippen LogP contribution is -2.36. The molecular weight excluding hydrogens is 447 g/mol. The van der Waals surface area contributed by atoms with Crippen molar-refractivity contribution in [2.45, 2.75) is 6.61 Å². The molecule has 5 nitrogen and oxygen atoms in total. The minimum absolute atomic E-state index is 0.357. The van der Waals surface area contributed by atoms with Crippen molar-refractivity contribution in [3.8, 4) is 11.5 Å². The number of morpholine rings is 1. The van der Waals surface area contributed by atoms with Crippen molar-refractivity contribution in [1.29, 1.82) is 0 Å². The summed E-state index contributed by atoms with van der Waals surface area (Å²) in [6.45, 7) is 3.71. The number of aliphatic imine (C=N–C) groups is 1. The maximum Gasteiger partial charge on any atom is 0.180 e. The summed E-state index contributed by atoms with van der Waals surface area (Å²) >= 11 is 12.4. The van der Waals surface area contributed by atoms with Gasteiger partial charge in [0, 0.05) is 30.0 Å². The van der Waals surface area contributed by atoms with E-state index >= 15 is 0 Å². The number of rotatable bonds is 7. The molecule has 1 aliphatic heterocycles. The maximum absolute atomic E-state index is 6.49. The van der Waals surface area contributed by atoms with Gasteiger partial charge in [-0.25, -0.2) is 0 Å². The van der Waals surface area contributed by atoms with Crippen LogP contribution in [0.2, 0.25) is 10.0 Å². The summed E-state index contributed by atoms with van der Waals surface area (Å²) in [7, 11) is 1.59. The van der Waals surface area contributed by atoms with E-state index in [2.05, 4.69) is 22.0 Å². The summed E-state index contributed by atoms with van der Waals surface area (Å²) in [5.74, 6) is 1.05. The number of ether oxygens (including phenoxy) is 3. The number of hydrogen-bond donors (Lipinski definition) is 0. The number of nitrogens with zero attached hydrogens (tertiary/aromatic N) is 2. The average molecular weight is 471 g/mol. The van der Waals surface area contributed by atoms with E-state index in [1.807, 2.05) is 48.5 Å². The predicted molar refractivity (Wildman–Crippen MR) is 131 cm³/mol. The molecular formula is C25H24Cl2N2O3. The maximum atomic E-state index is 6.49. The number of hydrogen-bond acceptors (Lipinski definition) is 5. The standard InChI is InChI=1S/C25H24Cl2N2O3/c1-30-24-15-19(14-23(27)25(24)32-17-18-2-4-20(26)5-3-18)16-28-21-6-8-22(9-7-21)29-10-12-31-13-11-29/h2-9,14-16H,10-13,17H2,1H3. The fourth-order valence-electron chi connectivity index (χ4n) is 3.41. The molecule has 0 bridgehead atoms. The van der Waals surface area contributed by atoms with Gasteiger partial charge in [-0.15, -0.1) is 0 Å². The van der Waals surface area contributed by atoms with Crippen LogP contribution < -0.4 is 14.4 Å². The molecule has 3 aromatic carbocycles. The second kappa shape index (κ2) is 10.7. The molecule has 32 heavy (non-hydrogen) atoms. The van der Waals surface area contributed by atoms with Crippen LogP contribution in [-0.2, 0) is 11.3 Å². The van der Waals surface area contributed by atoms with Gasteiger partial charge in [-0.3, -0.25) is 4.99 Å². The van der Waals surface area contributed by atoms with Crippen LogP contribution in [0.25, 0.3) is 0 Å². The first-order valence-electron chi connectivity index (χ1n) is 10.3. The van der Waals surface area contributed by atoms with Crippen molar-refractivity contribution in [3.63, 3.8) is 0 Å². The van der Waals surface area contributed by atoms with E-state index < -0.39 is 0 Å². The van der Waals surface area contributed by atoms with Crippen LogP contribution in [-0.4, -0.2) is 39.6 Å². The van der Waals surface area contributed by atoms with Crippen LogP contribution in [0.1, 0.15) is 11.1 Å². The third-order valence-corrected chi connectivity index (χ3v) is 5.67. The summed E-state index contributed by atoms with van der Waals surface area (Å²) < 4.78 is 16.8. The molecule has 4 rings (SSSR count). The Labute approximate surface area is 198 Å². The normalized spacial score (nSPS) is 14.0. The zero-order valence-corrected chi connectivity index (χ0v) is 19.3. The molecule has 0 saturated carbocycles. The van der Waals surface area contributed by atoms with Gasteiger partial charge in [-0.05, 0) is 59.7 Å². The van der Waals surface area contributed by atoms with Crippen molar-refractivity contribution >= 4 is 40.8 Å². The summed E-state index contributed by atoms with van der Waals surface area (Å²) in [6.07, 6.45) is 1.76. The summed E-state index contributed by atoms with van der Waals surface area (Å²) in [5, 5.41) is 1.14. The Hall–Kier alpha value is -2.73. The summed E-state index contributed by atoms with van der Waals surface area (Å²) in [4.78, 5) is 6.88. The van der Waals surface area contributed by atoms with Crippen LogP contribution in [0.3, 0.4) is 0 Å². The van der Waals surface area contributed by atoms with Gasteiger partial charge in [0.25, 0.3) is 0 Å². The third kappa shape index (κ3) is 5.74. The van der Waals surface area contributed by atoms with Crippen LogP contribution in [0.4, 0.5) is 11.4 Å². The van der Waals surface area contributed by atoms with E-state index in [0.29, 0.717) is 28.2 Å². The molecule has 0 unspecified atom stereocenters. The molecule has 166 valence electrons. The second-order valence-corrected chi connectivity index (χ2v) is 8.17. The van der Waals surface area contributed by atoms with E-state index in [-0.39, 0.29) is 0 Å². The molecule has 0 aliphatic carbocycles. The molecule has 0 N–H and O–H groups in total. The van der Waals surface area contributed by atoms with Gasteiger partial charge in [0.15, 0.2) is 11.5 Å². The largest absolute Gasteiger partial charge is 0.493 e. The molecule has 1 heterocycles. The van der Waals surface area contributed by atoms with E-state index in [1.165, 1.54) is 5.69 Å². The van der Waals surface area contributed by atoms with Gasteiger partial charge in [-0.2, -0.15) is 0 Å². The second-order valence-electron chi connectivity index (χ2n) is 7.32. The Kier molecular flexibility index (Phi) is 7.53. The molecule has 0 spiro atoms. The van der Waals surface area contributed by atoms with Gasteiger partial charge >= 0.3 is 0 Å². The molecule has 0 aromatic heterocycles. The fourth-order valence-corrected chi connectivity index (χ4v) is 3.81. The zero-order valence-electron chi connectivity index (χ0n) is 17.8. The quantitative estimate of drug-likeness (QED) is 0.387. The highest BCUT2D eigenvalue weighted by atomic mass is 35.5. The highest BCUT2D eigenvalue weighted by Crippen LogP contribution is 2.37. The minimum Gasteiger partial charge on any atom is -0.493 e. The first kappa shape index (κ1) is 22.5. The average Bonchev–Trinajstić information content (AvgIpc) is 2.83. The molecule has 7 heteroatoms. The van der Waals surface area contributed by atoms with E-state index in [9.17, 15) is 0 Å². The molecule has 0 radical (unpaired) electrons. The van der Waals surface area contributed by atoms with Crippen molar-refractivity contribution in [2.75, 3.05) is 38.3 Å². The van der Waals surface area contributed by atoms with Crippen molar-refractivity contribution in [3.05, 3.63) is 81.8 Å². The van der Waals surface area contributed by atoms with E-state index in [1.54, 1.807) is 13.3 Å². The third-order valence-electron chi connectivity index (χ3n) is 5.14. The van der Waals surface area contributed by atoms with Crippen LogP contribution in [0, 0.1) is 0 Å². The molecule has 1 fully saturated rings. The van der Waals surface area contributed by atoms with E-state index in [0.717, 1.165) is 43.1 Å². The number of halogens is 2. The van der Waals surface area contributed by atoms with Gasteiger partial charge in [0.05, 0.1) is 31.0 Å². The zero-order chi connectivity index (χ0) is 22.3. The Balaban J connectivity index is 1.44. The van der Waals surface area contributed by atoms with Crippen molar-refractivity contribution in [1.82, 2.24) is 0 Å². The lowest BCUT2D eigenvalue weighted by atomic mass is 10.2. The molecule has 3 aromatic rings. The van der Waals surface area contributed by atoms with Gasteiger partial charge in [-0.1, -0.05) is 35.3 Å². The lowest BCUT2D eigenvalue weighted by Gasteiger charge is -2.28. The van der Waals surface area contributed by atoms with Crippen molar-refractivity contribution < 1.29 is 14.2 Å². The number of benzene rings is 3. The molecule has 0 amide bonds. The topological polar surface area (TPSA) is 43.3 Å². The highest BCUT2D eigenvalue weighted by molar-refractivity contribution is 6.32. The summed E-state index contributed by atoms with van der Waals surface area (Å²) in [5.41, 5.74) is 3.85. The number of anilines is 1. The Morgan fingerprint density at radius 1 is 1.00 bits per heavy atom. The predicted octanol–water partition coefficient (Wildman–Crippen LogP) is 6.17. The van der Waals surface area contributed by atoms with Crippen LogP contribution >= 0.6 is 23.2 Å². The van der Waals surface area contributed by atoms with E-state index in [4.69, 9.17) is 37.4 Å². The first-order valence-corrected chi connectivity index (χ1v) is 11.1. The minimum atomic E-state index is 0.357. The lowest BCUT2D eigenvalue weighted by molar-refractivity contribution is 0.122. The monoisotopic (exact) mass is 470 g/mol. The van der Waals surface area contributed by atoms with Gasteiger partial charge in [0.1, 0.15) is 6.61 Å². The van der Waals surface area contributed by atoms with Crippen LogP contribution in [0.5, 0.6) is 11.5 Å².